The van der Waals surface area contributed by atoms with Gasteiger partial charge in [-0.25, -0.2) is 0 Å². The zero-order valence-corrected chi connectivity index (χ0v) is 14.6. The van der Waals surface area contributed by atoms with Gasteiger partial charge in [0.15, 0.2) is 0 Å². The predicted molar refractivity (Wildman–Crippen MR) is 96.0 cm³/mol. The summed E-state index contributed by atoms with van der Waals surface area (Å²) >= 11 is 1.61. The Hall–Kier alpha value is -1.42. The van der Waals surface area contributed by atoms with Crippen LogP contribution in [0, 0.1) is 5.92 Å². The van der Waals surface area contributed by atoms with Crippen molar-refractivity contribution < 1.29 is 5.11 Å². The summed E-state index contributed by atoms with van der Waals surface area (Å²) < 4.78 is 0. The van der Waals surface area contributed by atoms with Crippen molar-refractivity contribution in [2.75, 3.05) is 20.6 Å². The Balaban J connectivity index is 2.42. The molecule has 2 aromatic rings. The van der Waals surface area contributed by atoms with Crippen molar-refractivity contribution in [1.29, 1.82) is 0 Å². The van der Waals surface area contributed by atoms with Crippen molar-refractivity contribution in [1.82, 2.24) is 4.90 Å². The highest BCUT2D eigenvalue weighted by Crippen LogP contribution is 2.40. The maximum atomic E-state index is 11.5. The first kappa shape index (κ1) is 16.9. The quantitative estimate of drug-likeness (QED) is 0.862. The third-order valence-corrected chi connectivity index (χ3v) is 5.03. The molecule has 0 spiro atoms. The molecule has 0 saturated heterocycles. The molecule has 0 aliphatic heterocycles. The highest BCUT2D eigenvalue weighted by atomic mass is 32.1. The molecular weight excluding hydrogens is 290 g/mol. The van der Waals surface area contributed by atoms with E-state index >= 15 is 0 Å². The first-order valence-corrected chi connectivity index (χ1v) is 8.47. The van der Waals surface area contributed by atoms with E-state index in [1.807, 2.05) is 56.7 Å². The number of rotatable bonds is 6. The molecule has 0 bridgehead atoms. The lowest BCUT2D eigenvalue weighted by atomic mass is 9.80. The molecule has 1 heterocycles. The zero-order chi connectivity index (χ0) is 16.2. The van der Waals surface area contributed by atoms with Crippen LogP contribution in [0.2, 0.25) is 0 Å². The summed E-state index contributed by atoms with van der Waals surface area (Å²) in [6, 6.07) is 14.2. The number of thiophene rings is 1. The Bertz CT molecular complexity index is 604. The Morgan fingerprint density at radius 1 is 1.23 bits per heavy atom. The molecule has 118 valence electrons. The Labute approximate surface area is 137 Å². The molecule has 1 N–H and O–H groups in total. The largest absolute Gasteiger partial charge is 0.380 e. The summed E-state index contributed by atoms with van der Waals surface area (Å²) in [5, 5.41) is 13.6. The van der Waals surface area contributed by atoms with E-state index in [-0.39, 0.29) is 5.92 Å². The van der Waals surface area contributed by atoms with E-state index < -0.39 is 5.60 Å². The van der Waals surface area contributed by atoms with E-state index in [4.69, 9.17) is 0 Å². The van der Waals surface area contributed by atoms with Gasteiger partial charge in [0.05, 0.1) is 0 Å². The summed E-state index contributed by atoms with van der Waals surface area (Å²) in [7, 11) is 4.09. The number of aliphatic hydroxyl groups is 1. The average molecular weight is 315 g/mol. The molecule has 2 nitrogen and oxygen atoms in total. The summed E-state index contributed by atoms with van der Waals surface area (Å²) in [6.45, 7) is 4.97. The summed E-state index contributed by atoms with van der Waals surface area (Å²) in [5.41, 5.74) is 1.16. The molecule has 0 radical (unpaired) electrons. The second-order valence-corrected chi connectivity index (χ2v) is 7.09. The van der Waals surface area contributed by atoms with Crippen molar-refractivity contribution in [2.45, 2.75) is 19.4 Å². The van der Waals surface area contributed by atoms with Crippen LogP contribution >= 0.6 is 11.3 Å². The van der Waals surface area contributed by atoms with Crippen LogP contribution in [0.4, 0.5) is 0 Å². The van der Waals surface area contributed by atoms with Crippen LogP contribution in [0.1, 0.15) is 24.3 Å². The van der Waals surface area contributed by atoms with Gasteiger partial charge in [0.1, 0.15) is 5.60 Å². The van der Waals surface area contributed by atoms with Crippen LogP contribution in [0.3, 0.4) is 0 Å². The lowest BCUT2D eigenvalue weighted by Crippen LogP contribution is -2.39. The van der Waals surface area contributed by atoms with Crippen molar-refractivity contribution >= 4 is 17.4 Å². The van der Waals surface area contributed by atoms with E-state index in [0.717, 1.165) is 22.6 Å². The van der Waals surface area contributed by atoms with Crippen LogP contribution in [0.5, 0.6) is 0 Å². The van der Waals surface area contributed by atoms with Gasteiger partial charge < -0.3 is 10.0 Å². The first-order chi connectivity index (χ1) is 10.4. The van der Waals surface area contributed by atoms with Gasteiger partial charge in [0, 0.05) is 17.3 Å². The van der Waals surface area contributed by atoms with Gasteiger partial charge >= 0.3 is 0 Å². The fraction of sp³-hybridized carbons (Fsp3) is 0.368. The molecule has 2 rings (SSSR count). The normalized spacial score (nSPS) is 16.5. The first-order valence-electron chi connectivity index (χ1n) is 7.59. The molecule has 0 saturated carbocycles. The van der Waals surface area contributed by atoms with Crippen molar-refractivity contribution in [2.24, 2.45) is 5.92 Å². The van der Waals surface area contributed by atoms with Crippen molar-refractivity contribution in [3.05, 3.63) is 63.9 Å². The van der Waals surface area contributed by atoms with Gasteiger partial charge in [-0.1, -0.05) is 49.4 Å². The number of hydrogen-bond donors (Lipinski definition) is 1. The topological polar surface area (TPSA) is 23.5 Å². The van der Waals surface area contributed by atoms with Crippen molar-refractivity contribution in [3.63, 3.8) is 0 Å². The average Bonchev–Trinajstić information content (AvgIpc) is 3.01. The molecule has 22 heavy (non-hydrogen) atoms. The monoisotopic (exact) mass is 315 g/mol. The van der Waals surface area contributed by atoms with Crippen LogP contribution in [-0.2, 0) is 5.60 Å². The second kappa shape index (κ2) is 7.23. The summed E-state index contributed by atoms with van der Waals surface area (Å²) in [4.78, 5) is 3.13. The molecule has 1 aromatic heterocycles. The van der Waals surface area contributed by atoms with E-state index in [0.29, 0.717) is 0 Å². The molecular formula is C19H25NOS. The smallest absolute Gasteiger partial charge is 0.124 e. The molecule has 2 unspecified atom stereocenters. The fourth-order valence-corrected chi connectivity index (χ4v) is 3.91. The van der Waals surface area contributed by atoms with E-state index in [9.17, 15) is 5.11 Å². The van der Waals surface area contributed by atoms with Gasteiger partial charge in [-0.05, 0) is 43.6 Å². The lowest BCUT2D eigenvalue weighted by molar-refractivity contribution is 0.0138. The van der Waals surface area contributed by atoms with E-state index in [2.05, 4.69) is 30.0 Å². The minimum Gasteiger partial charge on any atom is -0.380 e. The molecule has 0 aliphatic rings. The van der Waals surface area contributed by atoms with Crippen LogP contribution < -0.4 is 0 Å². The summed E-state index contributed by atoms with van der Waals surface area (Å²) in [6.07, 6.45) is 2.09. The minimum absolute atomic E-state index is 0.0983. The highest BCUT2D eigenvalue weighted by Gasteiger charge is 2.38. The number of nitrogens with zero attached hydrogens (tertiary/aromatic N) is 1. The number of benzene rings is 1. The summed E-state index contributed by atoms with van der Waals surface area (Å²) in [5.74, 6) is 0.0983. The van der Waals surface area contributed by atoms with Gasteiger partial charge in [0.2, 0.25) is 0 Å². The van der Waals surface area contributed by atoms with Gasteiger partial charge in [-0.3, -0.25) is 0 Å². The van der Waals surface area contributed by atoms with E-state index in [1.54, 1.807) is 11.3 Å². The third-order valence-electron chi connectivity index (χ3n) is 4.03. The standard InChI is InChI=1S/C19H25NOS/c1-15(13-17-9-6-5-7-10-17)19(21,16(2)14-20(3)4)18-11-8-12-22-18/h5-13,16,21H,14H2,1-4H3. The zero-order valence-electron chi connectivity index (χ0n) is 13.8. The SMILES string of the molecule is CC(=Cc1ccccc1)C(O)(c1cccs1)C(C)CN(C)C. The Kier molecular flexibility index (Phi) is 5.57. The molecule has 3 heteroatoms. The maximum Gasteiger partial charge on any atom is 0.124 e. The molecule has 0 fully saturated rings. The lowest BCUT2D eigenvalue weighted by Gasteiger charge is -2.36. The predicted octanol–water partition coefficient (Wildman–Crippen LogP) is 4.24. The molecule has 1 aromatic carbocycles. The molecule has 0 aliphatic carbocycles. The second-order valence-electron chi connectivity index (χ2n) is 6.15. The van der Waals surface area contributed by atoms with Crippen LogP contribution in [0.25, 0.3) is 6.08 Å². The van der Waals surface area contributed by atoms with Gasteiger partial charge in [-0.2, -0.15) is 0 Å². The third kappa shape index (κ3) is 3.67. The highest BCUT2D eigenvalue weighted by molar-refractivity contribution is 7.10. The molecule has 0 amide bonds. The number of hydrogen-bond acceptors (Lipinski definition) is 3. The van der Waals surface area contributed by atoms with Crippen LogP contribution in [-0.4, -0.2) is 30.6 Å². The van der Waals surface area contributed by atoms with Crippen LogP contribution in [0.15, 0.2) is 53.4 Å². The van der Waals surface area contributed by atoms with Gasteiger partial charge in [-0.15, -0.1) is 11.3 Å². The molecule has 2 atom stereocenters. The van der Waals surface area contributed by atoms with Crippen molar-refractivity contribution in [3.8, 4) is 0 Å². The minimum atomic E-state index is -0.936. The Morgan fingerprint density at radius 3 is 2.45 bits per heavy atom. The van der Waals surface area contributed by atoms with Gasteiger partial charge in [0.25, 0.3) is 0 Å². The maximum absolute atomic E-state index is 11.5. The van der Waals surface area contributed by atoms with E-state index in [1.165, 1.54) is 0 Å². The fourth-order valence-electron chi connectivity index (χ4n) is 2.91. The Morgan fingerprint density at radius 2 is 1.91 bits per heavy atom.